The summed E-state index contributed by atoms with van der Waals surface area (Å²) in [5.41, 5.74) is -0.349. The highest BCUT2D eigenvalue weighted by molar-refractivity contribution is 6.33. The van der Waals surface area contributed by atoms with Crippen molar-refractivity contribution in [2.45, 2.75) is 26.4 Å². The summed E-state index contributed by atoms with van der Waals surface area (Å²) < 4.78 is 13.0. The van der Waals surface area contributed by atoms with E-state index in [9.17, 15) is 9.50 Å². The van der Waals surface area contributed by atoms with Crippen LogP contribution in [0.3, 0.4) is 0 Å². The maximum Gasteiger partial charge on any atom is 0.125 e. The van der Waals surface area contributed by atoms with Gasteiger partial charge in [0.15, 0.2) is 0 Å². The predicted octanol–water partition coefficient (Wildman–Crippen LogP) is 3.30. The zero-order valence-corrected chi connectivity index (χ0v) is 10.5. The summed E-state index contributed by atoms with van der Waals surface area (Å²) in [4.78, 5) is 0. The van der Waals surface area contributed by atoms with Gasteiger partial charge in [-0.15, -0.1) is 0 Å². The molecule has 16 heavy (non-hydrogen) atoms. The van der Waals surface area contributed by atoms with E-state index in [1.807, 2.05) is 13.8 Å². The van der Waals surface area contributed by atoms with Gasteiger partial charge in [-0.05, 0) is 31.0 Å². The van der Waals surface area contributed by atoms with Crippen molar-refractivity contribution in [3.8, 4) is 0 Å². The first-order valence-corrected chi connectivity index (χ1v) is 5.62. The maximum absolute atomic E-state index is 13.0. The number of halogens is 2. The Morgan fingerprint density at radius 3 is 2.69 bits per heavy atom. The van der Waals surface area contributed by atoms with Gasteiger partial charge in [-0.25, -0.2) is 4.39 Å². The molecule has 0 aliphatic rings. The fourth-order valence-corrected chi connectivity index (χ4v) is 1.30. The van der Waals surface area contributed by atoms with E-state index in [1.165, 1.54) is 18.2 Å². The van der Waals surface area contributed by atoms with Gasteiger partial charge in [0.2, 0.25) is 0 Å². The molecule has 0 saturated heterocycles. The van der Waals surface area contributed by atoms with Crippen LogP contribution in [0.4, 0.5) is 10.1 Å². The van der Waals surface area contributed by atoms with Crippen molar-refractivity contribution < 1.29 is 9.50 Å². The molecule has 1 rings (SSSR count). The number of aliphatic hydroxyl groups is 1. The third kappa shape index (κ3) is 3.35. The molecule has 1 unspecified atom stereocenters. The fourth-order valence-electron chi connectivity index (χ4n) is 1.11. The van der Waals surface area contributed by atoms with Crippen molar-refractivity contribution in [3.63, 3.8) is 0 Å². The second-order valence-electron chi connectivity index (χ2n) is 4.49. The van der Waals surface area contributed by atoms with Crippen molar-refractivity contribution >= 4 is 17.3 Å². The van der Waals surface area contributed by atoms with Gasteiger partial charge in [0, 0.05) is 6.54 Å². The van der Waals surface area contributed by atoms with E-state index in [0.717, 1.165) is 0 Å². The summed E-state index contributed by atoms with van der Waals surface area (Å²) in [6.07, 6.45) is 0. The summed E-state index contributed by atoms with van der Waals surface area (Å²) >= 11 is 5.89. The van der Waals surface area contributed by atoms with Crippen LogP contribution in [0, 0.1) is 11.7 Å². The molecule has 1 aromatic carbocycles. The minimum absolute atomic E-state index is 0.104. The van der Waals surface area contributed by atoms with Crippen molar-refractivity contribution in [2.24, 2.45) is 5.92 Å². The number of hydrogen-bond donors (Lipinski definition) is 2. The second kappa shape index (κ2) is 5.02. The van der Waals surface area contributed by atoms with Crippen molar-refractivity contribution in [3.05, 3.63) is 29.0 Å². The van der Waals surface area contributed by atoms with Gasteiger partial charge in [-0.2, -0.15) is 0 Å². The first-order valence-electron chi connectivity index (χ1n) is 5.24. The Kier molecular flexibility index (Phi) is 4.16. The maximum atomic E-state index is 13.0. The van der Waals surface area contributed by atoms with E-state index in [2.05, 4.69) is 5.32 Å². The highest BCUT2D eigenvalue weighted by Crippen LogP contribution is 2.24. The number of benzene rings is 1. The van der Waals surface area contributed by atoms with Crippen LogP contribution in [0.15, 0.2) is 18.2 Å². The van der Waals surface area contributed by atoms with Gasteiger partial charge in [0.05, 0.1) is 16.3 Å². The molecule has 0 radical (unpaired) electrons. The molecule has 2 N–H and O–H groups in total. The summed E-state index contributed by atoms with van der Waals surface area (Å²) in [7, 11) is 0. The van der Waals surface area contributed by atoms with Crippen molar-refractivity contribution in [1.29, 1.82) is 0 Å². The molecule has 0 fully saturated rings. The Bertz CT molecular complexity index is 366. The molecule has 1 atom stereocenters. The van der Waals surface area contributed by atoms with E-state index in [0.29, 0.717) is 17.3 Å². The molecule has 0 aliphatic carbocycles. The molecule has 0 heterocycles. The van der Waals surface area contributed by atoms with Crippen LogP contribution in [0.25, 0.3) is 0 Å². The third-order valence-electron chi connectivity index (χ3n) is 2.81. The largest absolute Gasteiger partial charge is 0.388 e. The number of rotatable bonds is 4. The van der Waals surface area contributed by atoms with Gasteiger partial charge in [-0.1, -0.05) is 25.4 Å². The first kappa shape index (κ1) is 13.3. The summed E-state index contributed by atoms with van der Waals surface area (Å²) in [6, 6.07) is 4.11. The highest BCUT2D eigenvalue weighted by Gasteiger charge is 2.24. The van der Waals surface area contributed by atoms with Crippen molar-refractivity contribution in [1.82, 2.24) is 0 Å². The Labute approximate surface area is 100 Å². The van der Waals surface area contributed by atoms with Crippen LogP contribution >= 0.6 is 11.6 Å². The lowest BCUT2D eigenvalue weighted by molar-refractivity contribution is 0.0266. The number of anilines is 1. The van der Waals surface area contributed by atoms with E-state index < -0.39 is 5.60 Å². The molecule has 0 spiro atoms. The molecular formula is C12H17ClFNO. The molecule has 0 bridgehead atoms. The molecule has 0 aromatic heterocycles. The Balaban J connectivity index is 2.71. The molecular weight excluding hydrogens is 229 g/mol. The Morgan fingerprint density at radius 1 is 1.50 bits per heavy atom. The first-order chi connectivity index (χ1) is 7.33. The van der Waals surface area contributed by atoms with Gasteiger partial charge >= 0.3 is 0 Å². The van der Waals surface area contributed by atoms with E-state index in [-0.39, 0.29) is 11.7 Å². The van der Waals surface area contributed by atoms with Crippen LogP contribution in [0.2, 0.25) is 5.02 Å². The number of nitrogens with one attached hydrogen (secondary N) is 1. The zero-order chi connectivity index (χ0) is 12.3. The molecule has 1 aromatic rings. The average molecular weight is 246 g/mol. The van der Waals surface area contributed by atoms with Crippen LogP contribution in [-0.4, -0.2) is 17.3 Å². The van der Waals surface area contributed by atoms with Crippen LogP contribution in [-0.2, 0) is 0 Å². The van der Waals surface area contributed by atoms with Crippen LogP contribution in [0.5, 0.6) is 0 Å². The zero-order valence-electron chi connectivity index (χ0n) is 9.72. The molecule has 0 amide bonds. The monoisotopic (exact) mass is 245 g/mol. The lowest BCUT2D eigenvalue weighted by Gasteiger charge is -2.28. The van der Waals surface area contributed by atoms with E-state index >= 15 is 0 Å². The van der Waals surface area contributed by atoms with Gasteiger partial charge in [0.1, 0.15) is 5.82 Å². The minimum Gasteiger partial charge on any atom is -0.388 e. The highest BCUT2D eigenvalue weighted by atomic mass is 35.5. The smallest absolute Gasteiger partial charge is 0.125 e. The fraction of sp³-hybridized carbons (Fsp3) is 0.500. The molecule has 2 nitrogen and oxygen atoms in total. The molecule has 4 heteroatoms. The lowest BCUT2D eigenvalue weighted by atomic mass is 9.92. The summed E-state index contributed by atoms with van der Waals surface area (Å²) in [5.74, 6) is -0.247. The second-order valence-corrected chi connectivity index (χ2v) is 4.90. The predicted molar refractivity (Wildman–Crippen MR) is 65.4 cm³/mol. The molecule has 90 valence electrons. The SMILES string of the molecule is CC(C)C(C)(O)CNc1cc(F)ccc1Cl. The van der Waals surface area contributed by atoms with Gasteiger partial charge < -0.3 is 10.4 Å². The minimum atomic E-state index is -0.852. The molecule has 0 aliphatic heterocycles. The van der Waals surface area contributed by atoms with Gasteiger partial charge in [-0.3, -0.25) is 0 Å². The molecule has 0 saturated carbocycles. The summed E-state index contributed by atoms with van der Waals surface area (Å²) in [5, 5.41) is 13.4. The van der Waals surface area contributed by atoms with Crippen LogP contribution in [0.1, 0.15) is 20.8 Å². The Hall–Kier alpha value is -0.800. The van der Waals surface area contributed by atoms with Gasteiger partial charge in [0.25, 0.3) is 0 Å². The lowest BCUT2D eigenvalue weighted by Crippen LogP contribution is -2.38. The standard InChI is InChI=1S/C12H17ClFNO/c1-8(2)12(3,16)7-15-11-6-9(14)4-5-10(11)13/h4-6,8,15-16H,7H2,1-3H3. The third-order valence-corrected chi connectivity index (χ3v) is 3.14. The quantitative estimate of drug-likeness (QED) is 0.853. The van der Waals surface area contributed by atoms with Crippen LogP contribution < -0.4 is 5.32 Å². The normalized spacial score (nSPS) is 14.9. The average Bonchev–Trinajstić information content (AvgIpc) is 2.19. The van der Waals surface area contributed by atoms with E-state index in [4.69, 9.17) is 11.6 Å². The number of hydrogen-bond acceptors (Lipinski definition) is 2. The Morgan fingerprint density at radius 2 is 2.12 bits per heavy atom. The van der Waals surface area contributed by atoms with Crippen molar-refractivity contribution in [2.75, 3.05) is 11.9 Å². The van der Waals surface area contributed by atoms with E-state index in [1.54, 1.807) is 6.92 Å². The summed E-state index contributed by atoms with van der Waals surface area (Å²) in [6.45, 7) is 5.91. The topological polar surface area (TPSA) is 32.3 Å².